The molecule has 4 aromatic carbocycles. The molecule has 3 nitrogen and oxygen atoms in total. The average molecular weight is 490 g/mol. The van der Waals surface area contributed by atoms with E-state index in [1.54, 1.807) is 0 Å². The molecule has 6 rings (SSSR count). The molecule has 2 aliphatic rings. The highest BCUT2D eigenvalue weighted by molar-refractivity contribution is 5.51. The van der Waals surface area contributed by atoms with Gasteiger partial charge in [0.2, 0.25) is 5.79 Å². The highest BCUT2D eigenvalue weighted by Gasteiger charge is 2.55. The summed E-state index contributed by atoms with van der Waals surface area (Å²) in [5.74, 6) is 0.178. The molecule has 0 aromatic heterocycles. The van der Waals surface area contributed by atoms with Crippen LogP contribution in [0.4, 0.5) is 5.69 Å². The fraction of sp³-hybridized carbons (Fsp3) is 0.294. The van der Waals surface area contributed by atoms with Gasteiger partial charge in [0.1, 0.15) is 5.75 Å². The first-order chi connectivity index (χ1) is 17.9. The van der Waals surface area contributed by atoms with E-state index < -0.39 is 5.79 Å². The van der Waals surface area contributed by atoms with E-state index in [0.717, 1.165) is 24.3 Å². The lowest BCUT2D eigenvalue weighted by Gasteiger charge is -2.40. The molecule has 0 aliphatic carbocycles. The van der Waals surface area contributed by atoms with E-state index >= 15 is 0 Å². The van der Waals surface area contributed by atoms with Crippen LogP contribution < -0.4 is 10.1 Å². The summed E-state index contributed by atoms with van der Waals surface area (Å²) in [6.45, 7) is 7.32. The first-order valence-corrected chi connectivity index (χ1v) is 13.3. The highest BCUT2D eigenvalue weighted by Crippen LogP contribution is 2.53. The Morgan fingerprint density at radius 3 is 1.95 bits per heavy atom. The molecular weight excluding hydrogens is 454 g/mol. The van der Waals surface area contributed by atoms with Gasteiger partial charge in [-0.05, 0) is 40.3 Å². The molecule has 0 amide bonds. The second kappa shape index (κ2) is 9.08. The van der Waals surface area contributed by atoms with E-state index in [9.17, 15) is 0 Å². The first kappa shape index (κ1) is 23.8. The molecule has 37 heavy (non-hydrogen) atoms. The maximum Gasteiger partial charge on any atom is 0.214 e. The molecule has 4 aromatic rings. The minimum absolute atomic E-state index is 0.0767. The SMILES string of the molecule is CC(C)(C)c1ccc(N[C@@H]2C[C@@]3(CC(c4ccccc4)(c4ccccc4)CO3)Oc3ccccc32)cc1. The van der Waals surface area contributed by atoms with Gasteiger partial charge in [0, 0.05) is 29.5 Å². The zero-order valence-corrected chi connectivity index (χ0v) is 21.9. The fourth-order valence-corrected chi connectivity index (χ4v) is 5.99. The lowest BCUT2D eigenvalue weighted by molar-refractivity contribution is -0.164. The van der Waals surface area contributed by atoms with Gasteiger partial charge in [-0.2, -0.15) is 0 Å². The molecule has 0 radical (unpaired) electrons. The number of benzene rings is 4. The van der Waals surface area contributed by atoms with E-state index in [-0.39, 0.29) is 16.9 Å². The Morgan fingerprint density at radius 2 is 1.32 bits per heavy atom. The average Bonchev–Trinajstić information content (AvgIpc) is 3.29. The molecule has 1 spiro atoms. The monoisotopic (exact) mass is 489 g/mol. The summed E-state index contributed by atoms with van der Waals surface area (Å²) < 4.78 is 13.5. The van der Waals surface area contributed by atoms with Crippen LogP contribution in [0.25, 0.3) is 0 Å². The Labute approximate surface area is 220 Å². The van der Waals surface area contributed by atoms with Gasteiger partial charge in [-0.1, -0.05) is 112 Å². The smallest absolute Gasteiger partial charge is 0.214 e. The highest BCUT2D eigenvalue weighted by atomic mass is 16.7. The fourth-order valence-electron chi connectivity index (χ4n) is 5.99. The maximum absolute atomic E-state index is 6.75. The predicted molar refractivity (Wildman–Crippen MR) is 150 cm³/mol. The van der Waals surface area contributed by atoms with Crippen LogP contribution in [-0.4, -0.2) is 12.4 Å². The van der Waals surface area contributed by atoms with Crippen LogP contribution in [0.5, 0.6) is 5.75 Å². The Morgan fingerprint density at radius 1 is 0.730 bits per heavy atom. The Kier molecular flexibility index (Phi) is 5.84. The summed E-state index contributed by atoms with van der Waals surface area (Å²) in [5, 5.41) is 3.81. The lowest BCUT2D eigenvalue weighted by atomic mass is 9.71. The Balaban J connectivity index is 1.36. The second-order valence-electron chi connectivity index (χ2n) is 11.6. The van der Waals surface area contributed by atoms with Crippen LogP contribution >= 0.6 is 0 Å². The quantitative estimate of drug-likeness (QED) is 0.315. The van der Waals surface area contributed by atoms with Crippen molar-refractivity contribution in [1.29, 1.82) is 0 Å². The van der Waals surface area contributed by atoms with E-state index in [4.69, 9.17) is 9.47 Å². The van der Waals surface area contributed by atoms with E-state index in [1.165, 1.54) is 22.3 Å². The van der Waals surface area contributed by atoms with Crippen molar-refractivity contribution in [1.82, 2.24) is 0 Å². The third kappa shape index (κ3) is 4.42. The van der Waals surface area contributed by atoms with E-state index in [1.807, 2.05) is 6.07 Å². The van der Waals surface area contributed by atoms with Gasteiger partial charge in [-0.3, -0.25) is 0 Å². The van der Waals surface area contributed by atoms with Crippen molar-refractivity contribution in [3.63, 3.8) is 0 Å². The second-order valence-corrected chi connectivity index (χ2v) is 11.6. The summed E-state index contributed by atoms with van der Waals surface area (Å²) in [7, 11) is 0. The molecular formula is C34H35NO2. The van der Waals surface area contributed by atoms with E-state index in [0.29, 0.717) is 6.61 Å². The standard InChI is InChI=1S/C34H35NO2/c1-32(2,3)25-18-20-28(21-19-25)35-30-22-34(37-31-17-11-10-16-29(30)31)23-33(24-36-34,26-12-6-4-7-13-26)27-14-8-5-9-15-27/h4-21,30,35H,22-24H2,1-3H3/t30-,34+/m1/s1. The molecule has 3 heteroatoms. The van der Waals surface area contributed by atoms with Crippen molar-refractivity contribution in [2.24, 2.45) is 0 Å². The summed E-state index contributed by atoms with van der Waals surface area (Å²) in [6.07, 6.45) is 1.48. The van der Waals surface area contributed by atoms with Crippen molar-refractivity contribution in [2.75, 3.05) is 11.9 Å². The summed E-state index contributed by atoms with van der Waals surface area (Å²) in [5.41, 5.74) is 6.01. The minimum atomic E-state index is -0.719. The van der Waals surface area contributed by atoms with Gasteiger partial charge in [0.05, 0.1) is 12.6 Å². The molecule has 1 saturated heterocycles. The number of hydrogen-bond acceptors (Lipinski definition) is 3. The number of nitrogens with one attached hydrogen (secondary N) is 1. The van der Waals surface area contributed by atoms with Gasteiger partial charge in [-0.25, -0.2) is 0 Å². The summed E-state index contributed by atoms with van der Waals surface area (Å²) in [6, 6.07) is 38.8. The molecule has 1 N–H and O–H groups in total. The number of hydrogen-bond donors (Lipinski definition) is 1. The largest absolute Gasteiger partial charge is 0.462 e. The third-order valence-corrected chi connectivity index (χ3v) is 8.00. The van der Waals surface area contributed by atoms with Crippen LogP contribution in [-0.2, 0) is 15.6 Å². The van der Waals surface area contributed by atoms with Gasteiger partial charge >= 0.3 is 0 Å². The topological polar surface area (TPSA) is 30.5 Å². The lowest BCUT2D eigenvalue weighted by Crippen LogP contribution is -2.43. The number of anilines is 1. The van der Waals surface area contributed by atoms with E-state index in [2.05, 4.69) is 129 Å². The van der Waals surface area contributed by atoms with Gasteiger partial charge in [0.15, 0.2) is 0 Å². The Hall–Kier alpha value is -3.56. The van der Waals surface area contributed by atoms with Crippen LogP contribution in [0.2, 0.25) is 0 Å². The normalized spacial score (nSPS) is 22.3. The number of fused-ring (bicyclic) bond motifs is 1. The zero-order chi connectivity index (χ0) is 25.5. The Bertz CT molecular complexity index is 1320. The maximum atomic E-state index is 6.75. The van der Waals surface area contributed by atoms with Crippen molar-refractivity contribution in [3.05, 3.63) is 131 Å². The molecule has 2 atom stereocenters. The van der Waals surface area contributed by atoms with Gasteiger partial charge in [0.25, 0.3) is 0 Å². The number of para-hydroxylation sites is 1. The summed E-state index contributed by atoms with van der Waals surface area (Å²) in [4.78, 5) is 0. The number of rotatable bonds is 4. The molecule has 2 heterocycles. The zero-order valence-electron chi connectivity index (χ0n) is 21.9. The van der Waals surface area contributed by atoms with Crippen LogP contribution in [0.15, 0.2) is 109 Å². The molecule has 1 fully saturated rings. The van der Waals surface area contributed by atoms with Crippen molar-refractivity contribution < 1.29 is 9.47 Å². The van der Waals surface area contributed by atoms with Gasteiger partial charge in [-0.15, -0.1) is 0 Å². The molecule has 0 saturated carbocycles. The van der Waals surface area contributed by atoms with Crippen LogP contribution in [0.1, 0.15) is 61.9 Å². The van der Waals surface area contributed by atoms with Crippen molar-refractivity contribution in [2.45, 2.75) is 56.3 Å². The minimum Gasteiger partial charge on any atom is -0.462 e. The van der Waals surface area contributed by atoms with Gasteiger partial charge < -0.3 is 14.8 Å². The molecule has 0 unspecified atom stereocenters. The van der Waals surface area contributed by atoms with Crippen LogP contribution in [0.3, 0.4) is 0 Å². The molecule has 0 bridgehead atoms. The summed E-state index contributed by atoms with van der Waals surface area (Å²) >= 11 is 0. The molecule has 188 valence electrons. The van der Waals surface area contributed by atoms with Crippen LogP contribution in [0, 0.1) is 0 Å². The number of ether oxygens (including phenoxy) is 2. The third-order valence-electron chi connectivity index (χ3n) is 8.00. The van der Waals surface area contributed by atoms with Crippen molar-refractivity contribution >= 4 is 5.69 Å². The predicted octanol–water partition coefficient (Wildman–Crippen LogP) is 8.02. The molecule has 2 aliphatic heterocycles. The van der Waals surface area contributed by atoms with Crippen molar-refractivity contribution in [3.8, 4) is 5.75 Å². The first-order valence-electron chi connectivity index (χ1n) is 13.3.